The maximum Gasteiger partial charge on any atom is 0.228 e. The highest BCUT2D eigenvalue weighted by Crippen LogP contribution is 2.41. The van der Waals surface area contributed by atoms with Crippen molar-refractivity contribution >= 4 is 33.4 Å². The molecule has 124 valence electrons. The molecule has 0 bridgehead atoms. The molecular formula is C18H23BrN2O2. The lowest BCUT2D eigenvalue weighted by Crippen LogP contribution is -2.40. The first-order valence-corrected chi connectivity index (χ1v) is 9.11. The van der Waals surface area contributed by atoms with Crippen molar-refractivity contribution in [2.24, 2.45) is 17.8 Å². The van der Waals surface area contributed by atoms with Crippen LogP contribution in [0.15, 0.2) is 22.7 Å². The third-order valence-corrected chi connectivity index (χ3v) is 5.35. The fourth-order valence-electron chi connectivity index (χ4n) is 3.37. The van der Waals surface area contributed by atoms with E-state index in [0.29, 0.717) is 12.3 Å². The lowest BCUT2D eigenvalue weighted by atomic mass is 10.00. The molecule has 23 heavy (non-hydrogen) atoms. The van der Waals surface area contributed by atoms with Crippen molar-refractivity contribution in [3.8, 4) is 0 Å². The van der Waals surface area contributed by atoms with Crippen molar-refractivity contribution in [2.75, 3.05) is 18.4 Å². The Morgan fingerprint density at radius 2 is 2.09 bits per heavy atom. The van der Waals surface area contributed by atoms with E-state index < -0.39 is 0 Å². The molecule has 1 aliphatic carbocycles. The lowest BCUT2D eigenvalue weighted by Gasteiger charge is -2.31. The molecule has 2 aliphatic rings. The molecule has 2 fully saturated rings. The number of carbonyl (C=O) groups excluding carboxylic acids is 2. The second-order valence-electron chi connectivity index (χ2n) is 6.93. The number of nitrogens with one attached hydrogen (secondary N) is 1. The van der Waals surface area contributed by atoms with Gasteiger partial charge in [-0.3, -0.25) is 9.59 Å². The average Bonchev–Trinajstić information content (AvgIpc) is 3.30. The second-order valence-corrected chi connectivity index (χ2v) is 7.84. The molecule has 3 unspecified atom stereocenters. The summed E-state index contributed by atoms with van der Waals surface area (Å²) in [6, 6.07) is 5.77. The minimum Gasteiger partial charge on any atom is -0.342 e. The molecule has 3 atom stereocenters. The lowest BCUT2D eigenvalue weighted by molar-refractivity contribution is -0.135. The number of piperidine rings is 1. The number of amides is 2. The summed E-state index contributed by atoms with van der Waals surface area (Å²) >= 11 is 3.42. The molecule has 1 aliphatic heterocycles. The van der Waals surface area contributed by atoms with E-state index in [1.165, 1.54) is 6.42 Å². The number of nitrogens with zero attached hydrogens (tertiary/aromatic N) is 1. The van der Waals surface area contributed by atoms with Crippen LogP contribution >= 0.6 is 15.9 Å². The molecule has 0 aromatic heterocycles. The van der Waals surface area contributed by atoms with Gasteiger partial charge in [-0.25, -0.2) is 0 Å². The Balaban J connectivity index is 1.57. The Morgan fingerprint density at radius 3 is 2.78 bits per heavy atom. The van der Waals surface area contributed by atoms with Gasteiger partial charge in [0.25, 0.3) is 0 Å². The highest BCUT2D eigenvalue weighted by Gasteiger charge is 2.49. The molecule has 1 N–H and O–H groups in total. The number of likely N-dealkylation sites (tertiary alicyclic amines) is 1. The van der Waals surface area contributed by atoms with E-state index in [2.05, 4.69) is 28.2 Å². The molecule has 5 heteroatoms. The third-order valence-electron chi connectivity index (χ3n) is 4.86. The van der Waals surface area contributed by atoms with E-state index in [0.717, 1.165) is 35.2 Å². The summed E-state index contributed by atoms with van der Waals surface area (Å²) in [5.74, 6) is 0.436. The normalized spacial score (nSPS) is 26.7. The zero-order valence-electron chi connectivity index (χ0n) is 13.6. The van der Waals surface area contributed by atoms with Crippen LogP contribution in [0.3, 0.4) is 0 Å². The predicted molar refractivity (Wildman–Crippen MR) is 94.1 cm³/mol. The predicted octanol–water partition coefficient (Wildman–Crippen LogP) is 3.59. The third kappa shape index (κ3) is 3.77. The molecule has 1 aromatic rings. The van der Waals surface area contributed by atoms with E-state index in [1.807, 2.05) is 30.0 Å². The van der Waals surface area contributed by atoms with E-state index >= 15 is 0 Å². The number of rotatable bonds is 3. The molecule has 0 radical (unpaired) electrons. The summed E-state index contributed by atoms with van der Waals surface area (Å²) in [5, 5.41) is 2.97. The summed E-state index contributed by atoms with van der Waals surface area (Å²) in [7, 11) is 0. The monoisotopic (exact) mass is 378 g/mol. The SMILES string of the molecule is Cc1cc(Br)ccc1NC(=O)C1CC1C(=O)N1CCCC(C)C1. The quantitative estimate of drug-likeness (QED) is 0.873. The topological polar surface area (TPSA) is 49.4 Å². The molecule has 1 saturated heterocycles. The molecule has 2 amide bonds. The van der Waals surface area contributed by atoms with Crippen molar-refractivity contribution < 1.29 is 9.59 Å². The van der Waals surface area contributed by atoms with E-state index in [-0.39, 0.29) is 23.7 Å². The highest BCUT2D eigenvalue weighted by molar-refractivity contribution is 9.10. The number of carbonyl (C=O) groups is 2. The van der Waals surface area contributed by atoms with Gasteiger partial charge >= 0.3 is 0 Å². The number of halogens is 1. The maximum absolute atomic E-state index is 12.5. The van der Waals surface area contributed by atoms with Gasteiger partial charge in [-0.2, -0.15) is 0 Å². The average molecular weight is 379 g/mol. The van der Waals surface area contributed by atoms with Gasteiger partial charge in [-0.05, 0) is 55.9 Å². The van der Waals surface area contributed by atoms with Gasteiger partial charge < -0.3 is 10.2 Å². The van der Waals surface area contributed by atoms with Crippen molar-refractivity contribution in [3.63, 3.8) is 0 Å². The standard InChI is InChI=1S/C18H23BrN2O2/c1-11-4-3-7-21(10-11)18(23)15-9-14(15)17(22)20-16-6-5-13(19)8-12(16)2/h5-6,8,11,14-15H,3-4,7,9-10H2,1-2H3,(H,20,22). The van der Waals surface area contributed by atoms with E-state index in [9.17, 15) is 9.59 Å². The van der Waals surface area contributed by atoms with Gasteiger partial charge in [0.1, 0.15) is 0 Å². The zero-order valence-corrected chi connectivity index (χ0v) is 15.2. The second kappa shape index (κ2) is 6.63. The molecule has 4 nitrogen and oxygen atoms in total. The number of anilines is 1. The fraction of sp³-hybridized carbons (Fsp3) is 0.556. The molecule has 3 rings (SSSR count). The van der Waals surface area contributed by atoms with E-state index in [4.69, 9.17) is 0 Å². The zero-order chi connectivity index (χ0) is 16.6. The molecule has 0 spiro atoms. The highest BCUT2D eigenvalue weighted by atomic mass is 79.9. The minimum absolute atomic E-state index is 0.0289. The summed E-state index contributed by atoms with van der Waals surface area (Å²) in [6.45, 7) is 5.84. The van der Waals surface area contributed by atoms with Crippen molar-refractivity contribution in [2.45, 2.75) is 33.1 Å². The van der Waals surface area contributed by atoms with Crippen LogP contribution < -0.4 is 5.32 Å². The van der Waals surface area contributed by atoms with Crippen LogP contribution in [0.1, 0.15) is 31.7 Å². The Labute approximate surface area is 145 Å². The Bertz CT molecular complexity index is 631. The number of benzene rings is 1. The van der Waals surface area contributed by atoms with E-state index in [1.54, 1.807) is 0 Å². The summed E-state index contributed by atoms with van der Waals surface area (Å²) < 4.78 is 0.992. The summed E-state index contributed by atoms with van der Waals surface area (Å²) in [5.41, 5.74) is 1.84. The molecule has 1 heterocycles. The Hall–Kier alpha value is -1.36. The van der Waals surface area contributed by atoms with Gasteiger partial charge in [-0.1, -0.05) is 22.9 Å². The molecule has 1 aromatic carbocycles. The van der Waals surface area contributed by atoms with Gasteiger partial charge in [-0.15, -0.1) is 0 Å². The Kier molecular flexibility index (Phi) is 4.76. The van der Waals surface area contributed by atoms with Crippen LogP contribution in [-0.4, -0.2) is 29.8 Å². The first kappa shape index (κ1) is 16.5. The molecular weight excluding hydrogens is 356 g/mol. The summed E-state index contributed by atoms with van der Waals surface area (Å²) in [4.78, 5) is 26.9. The van der Waals surface area contributed by atoms with Crippen LogP contribution in [-0.2, 0) is 9.59 Å². The van der Waals surface area contributed by atoms with Crippen molar-refractivity contribution in [1.29, 1.82) is 0 Å². The smallest absolute Gasteiger partial charge is 0.228 e. The number of aryl methyl sites for hydroxylation is 1. The number of hydrogen-bond acceptors (Lipinski definition) is 2. The van der Waals surface area contributed by atoms with Crippen LogP contribution in [0, 0.1) is 24.7 Å². The maximum atomic E-state index is 12.5. The summed E-state index contributed by atoms with van der Waals surface area (Å²) in [6.07, 6.45) is 2.96. The van der Waals surface area contributed by atoms with Crippen LogP contribution in [0.4, 0.5) is 5.69 Å². The van der Waals surface area contributed by atoms with Crippen LogP contribution in [0.5, 0.6) is 0 Å². The fourth-order valence-corrected chi connectivity index (χ4v) is 3.85. The largest absolute Gasteiger partial charge is 0.342 e. The molecule has 1 saturated carbocycles. The first-order chi connectivity index (χ1) is 11.0. The van der Waals surface area contributed by atoms with Crippen LogP contribution in [0.25, 0.3) is 0 Å². The minimum atomic E-state index is -0.164. The Morgan fingerprint density at radius 1 is 1.30 bits per heavy atom. The van der Waals surface area contributed by atoms with Crippen molar-refractivity contribution in [3.05, 3.63) is 28.2 Å². The van der Waals surface area contributed by atoms with Crippen LogP contribution in [0.2, 0.25) is 0 Å². The van der Waals surface area contributed by atoms with Gasteiger partial charge in [0.2, 0.25) is 11.8 Å². The number of hydrogen-bond donors (Lipinski definition) is 1. The van der Waals surface area contributed by atoms with Gasteiger partial charge in [0.05, 0.1) is 11.8 Å². The first-order valence-electron chi connectivity index (χ1n) is 8.31. The van der Waals surface area contributed by atoms with Gasteiger partial charge in [0.15, 0.2) is 0 Å². The van der Waals surface area contributed by atoms with Crippen molar-refractivity contribution in [1.82, 2.24) is 4.90 Å². The van der Waals surface area contributed by atoms with Gasteiger partial charge in [0, 0.05) is 23.2 Å².